The summed E-state index contributed by atoms with van der Waals surface area (Å²) in [7, 11) is 3.76. The number of hydrogen-bond donors (Lipinski definition) is 0. The highest BCUT2D eigenvalue weighted by atomic mass is 32.1. The highest BCUT2D eigenvalue weighted by Gasteiger charge is 2.30. The van der Waals surface area contributed by atoms with Gasteiger partial charge in [-0.05, 0) is 45.0 Å². The Morgan fingerprint density at radius 3 is 2.14 bits per heavy atom. The van der Waals surface area contributed by atoms with Crippen molar-refractivity contribution < 1.29 is 0 Å². The van der Waals surface area contributed by atoms with Crippen LogP contribution in [0, 0.1) is 5.41 Å². The van der Waals surface area contributed by atoms with Crippen molar-refractivity contribution in [2.75, 3.05) is 7.05 Å². The van der Waals surface area contributed by atoms with Crippen molar-refractivity contribution in [3.63, 3.8) is 0 Å². The summed E-state index contributed by atoms with van der Waals surface area (Å²) in [6.45, 7) is 11.4. The maximum atomic E-state index is 3.86. The molecule has 0 aromatic carbocycles. The molecule has 0 aliphatic heterocycles. The monoisotopic (exact) mass is 215 g/mol. The number of hydrogen-bond acceptors (Lipinski definition) is 0. The lowest BCUT2D eigenvalue weighted by Gasteiger charge is -2.39. The Bertz CT molecular complexity index is 224. The summed E-state index contributed by atoms with van der Waals surface area (Å²) in [5.74, 6) is 3.86. The molecule has 0 fully saturated rings. The molecule has 1 nitrogen and oxygen atoms in total. The largest absolute Gasteiger partial charge is 0.270 e. The normalized spacial score (nSPS) is 14.2. The minimum Gasteiger partial charge on any atom is -0.270 e. The predicted octanol–water partition coefficient (Wildman–Crippen LogP) is 3.45. The lowest BCUT2D eigenvalue weighted by atomic mass is 9.77. The summed E-state index contributed by atoms with van der Waals surface area (Å²) < 4.78 is 0. The van der Waals surface area contributed by atoms with E-state index in [1.54, 1.807) is 10.9 Å². The van der Waals surface area contributed by atoms with Gasteiger partial charge in [-0.25, -0.2) is 0 Å². The Labute approximate surface area is 93.0 Å². The molecular weight excluding hydrogens is 190 g/mol. The third kappa shape index (κ3) is 2.96. The maximum absolute atomic E-state index is 3.86. The molecule has 0 radical (unpaired) electrons. The van der Waals surface area contributed by atoms with Crippen LogP contribution in [0.15, 0.2) is 0 Å². The molecule has 0 amide bonds. The third-order valence-electron chi connectivity index (χ3n) is 3.91. The van der Waals surface area contributed by atoms with Crippen LogP contribution in [-0.4, -0.2) is 28.8 Å². The maximum Gasteiger partial charge on any atom is 0.0439 e. The van der Waals surface area contributed by atoms with Crippen molar-refractivity contribution in [2.24, 2.45) is 5.41 Å². The molecule has 1 atom stereocenters. The van der Waals surface area contributed by atoms with Crippen molar-refractivity contribution in [1.82, 2.24) is 4.90 Å². The van der Waals surface area contributed by atoms with Gasteiger partial charge in [-0.15, -0.1) is 10.9 Å². The van der Waals surface area contributed by atoms with Crippen LogP contribution in [0.25, 0.3) is 0 Å². The molecule has 0 saturated carbocycles. The fourth-order valence-electron chi connectivity index (χ4n) is 1.68. The smallest absolute Gasteiger partial charge is 0.0439 e. The van der Waals surface area contributed by atoms with Crippen LogP contribution in [-0.2, 0) is 0 Å². The van der Waals surface area contributed by atoms with Crippen LogP contribution in [0.1, 0.15) is 47.5 Å². The summed E-state index contributed by atoms with van der Waals surface area (Å²) >= 11 is 0. The molecule has 1 unspecified atom stereocenters. The summed E-state index contributed by atoms with van der Waals surface area (Å²) in [6, 6.07) is 0.576. The summed E-state index contributed by atoms with van der Waals surface area (Å²) in [6.07, 6.45) is 2.45. The van der Waals surface area contributed by atoms with E-state index in [4.69, 9.17) is 0 Å². The van der Waals surface area contributed by atoms with Crippen molar-refractivity contribution in [3.8, 4) is 0 Å². The fraction of sp³-hybridized carbons (Fsp3) is 0.833. The van der Waals surface area contributed by atoms with Crippen molar-refractivity contribution >= 4 is 21.8 Å². The first-order valence-electron chi connectivity index (χ1n) is 5.41. The van der Waals surface area contributed by atoms with E-state index < -0.39 is 0 Å². The molecule has 0 aromatic heterocycles. The van der Waals surface area contributed by atoms with Crippen LogP contribution >= 0.6 is 10.9 Å². The zero-order chi connectivity index (χ0) is 11.4. The first kappa shape index (κ1) is 13.9. The van der Waals surface area contributed by atoms with E-state index in [0.717, 1.165) is 0 Å². The second-order valence-electron chi connectivity index (χ2n) is 4.31. The first-order chi connectivity index (χ1) is 6.42. The Morgan fingerprint density at radius 2 is 1.86 bits per heavy atom. The lowest BCUT2D eigenvalue weighted by molar-refractivity contribution is 0.153. The molecule has 0 aliphatic carbocycles. The summed E-state index contributed by atoms with van der Waals surface area (Å²) in [5.41, 5.74) is 0.408. The molecule has 0 heterocycles. The molecule has 0 bridgehead atoms. The minimum atomic E-state index is 0.408. The van der Waals surface area contributed by atoms with E-state index in [9.17, 15) is 0 Å². The molecule has 0 spiro atoms. The molecule has 84 valence electrons. The lowest BCUT2D eigenvalue weighted by Crippen LogP contribution is -2.43. The van der Waals surface area contributed by atoms with Gasteiger partial charge in [0.2, 0.25) is 0 Å². The van der Waals surface area contributed by atoms with Crippen LogP contribution in [0.3, 0.4) is 0 Å². The van der Waals surface area contributed by atoms with Gasteiger partial charge in [-0.1, -0.05) is 20.8 Å². The van der Waals surface area contributed by atoms with Crippen LogP contribution in [0.4, 0.5) is 0 Å². The van der Waals surface area contributed by atoms with E-state index in [1.807, 2.05) is 0 Å². The predicted molar refractivity (Wildman–Crippen MR) is 71.3 cm³/mol. The van der Waals surface area contributed by atoms with Gasteiger partial charge in [0.15, 0.2) is 0 Å². The van der Waals surface area contributed by atoms with Gasteiger partial charge < -0.3 is 0 Å². The minimum absolute atomic E-state index is 0.408. The van der Waals surface area contributed by atoms with Crippen LogP contribution < -0.4 is 0 Å². The summed E-state index contributed by atoms with van der Waals surface area (Å²) in [4.78, 5) is 3.65. The molecule has 0 rings (SSSR count). The van der Waals surface area contributed by atoms with Crippen molar-refractivity contribution in [1.29, 1.82) is 0 Å². The molecule has 2 heteroatoms. The molecule has 14 heavy (non-hydrogen) atoms. The second-order valence-corrected chi connectivity index (χ2v) is 5.19. The average molecular weight is 215 g/mol. The number of nitrogens with zero attached hydrogens (tertiary/aromatic N) is 1. The van der Waals surface area contributed by atoms with Crippen LogP contribution in [0.5, 0.6) is 0 Å². The molecular formula is C12H25NS. The highest BCUT2D eigenvalue weighted by Crippen LogP contribution is 2.32. The fourth-order valence-corrected chi connectivity index (χ4v) is 2.04. The third-order valence-corrected chi connectivity index (χ3v) is 4.62. The highest BCUT2D eigenvalue weighted by molar-refractivity contribution is 7.95. The van der Waals surface area contributed by atoms with Gasteiger partial charge in [-0.3, -0.25) is 4.90 Å². The SMILES string of the molecule is C=S=C(C)N(C)C(C)C(C)(CC)CC. The Balaban J connectivity index is 4.75. The zero-order valence-electron chi connectivity index (χ0n) is 10.6. The summed E-state index contributed by atoms with van der Waals surface area (Å²) in [5, 5.41) is 0. The number of rotatable bonds is 4. The zero-order valence-corrected chi connectivity index (χ0v) is 11.4. The van der Waals surface area contributed by atoms with Crippen molar-refractivity contribution in [3.05, 3.63) is 0 Å². The van der Waals surface area contributed by atoms with E-state index in [2.05, 4.69) is 52.4 Å². The Morgan fingerprint density at radius 1 is 1.43 bits per heavy atom. The molecule has 0 aromatic rings. The van der Waals surface area contributed by atoms with Gasteiger partial charge in [0.05, 0.1) is 0 Å². The first-order valence-corrected chi connectivity index (χ1v) is 6.39. The molecule has 0 saturated heterocycles. The van der Waals surface area contributed by atoms with E-state index in [0.29, 0.717) is 11.5 Å². The van der Waals surface area contributed by atoms with Crippen molar-refractivity contribution in [2.45, 2.75) is 53.5 Å². The molecule has 0 aliphatic rings. The van der Waals surface area contributed by atoms with Gasteiger partial charge in [0, 0.05) is 11.0 Å². The van der Waals surface area contributed by atoms with E-state index in [-0.39, 0.29) is 0 Å². The van der Waals surface area contributed by atoms with Gasteiger partial charge in [0.1, 0.15) is 0 Å². The van der Waals surface area contributed by atoms with E-state index >= 15 is 0 Å². The van der Waals surface area contributed by atoms with E-state index in [1.165, 1.54) is 17.8 Å². The Kier molecular flexibility index (Phi) is 5.68. The Hall–Kier alpha value is -0.0800. The molecule has 0 N–H and O–H groups in total. The van der Waals surface area contributed by atoms with Gasteiger partial charge in [0.25, 0.3) is 0 Å². The van der Waals surface area contributed by atoms with Gasteiger partial charge in [-0.2, -0.15) is 0 Å². The topological polar surface area (TPSA) is 3.24 Å². The second kappa shape index (κ2) is 5.72. The average Bonchev–Trinajstić information content (AvgIpc) is 2.24. The van der Waals surface area contributed by atoms with Gasteiger partial charge >= 0.3 is 0 Å². The standard InChI is InChI=1S/C12H25NS/c1-8-12(5,9-2)10(3)13(6)11(4)14-7/h10H,7-9H2,1-6H3. The quantitative estimate of drug-likeness (QED) is 0.649. The van der Waals surface area contributed by atoms with Crippen LogP contribution in [0.2, 0.25) is 0 Å².